The first-order valence-electron chi connectivity index (χ1n) is 4.94. The van der Waals surface area contributed by atoms with Crippen LogP contribution in [0.4, 0.5) is 0 Å². The van der Waals surface area contributed by atoms with Crippen molar-refractivity contribution >= 4 is 44.8 Å². The Morgan fingerprint density at radius 1 is 1.25 bits per heavy atom. The summed E-state index contributed by atoms with van der Waals surface area (Å²) >= 11 is 0. The van der Waals surface area contributed by atoms with E-state index < -0.39 is 0 Å². The minimum absolute atomic E-state index is 0. The Morgan fingerprint density at radius 3 is 2.25 bits per heavy atom. The van der Waals surface area contributed by atoms with Crippen LogP contribution in [0.5, 0.6) is 0 Å². The predicted octanol–water partition coefficient (Wildman–Crippen LogP) is 2.67. The Labute approximate surface area is 118 Å². The van der Waals surface area contributed by atoms with E-state index in [-0.39, 0.29) is 43.9 Å². The van der Waals surface area contributed by atoms with Crippen LogP contribution in [0.2, 0.25) is 0 Å². The SMILES string of the molecule is CCCCCNCC(C)(C)OC=O.Cl.Cl.S. The van der Waals surface area contributed by atoms with Gasteiger partial charge in [0.15, 0.2) is 0 Å². The molecule has 0 aromatic carbocycles. The van der Waals surface area contributed by atoms with Crippen LogP contribution in [0, 0.1) is 0 Å². The first-order chi connectivity index (χ1) is 6.12. The number of carbonyl (C=O) groups is 1. The summed E-state index contributed by atoms with van der Waals surface area (Å²) in [6.45, 7) is 8.20. The molecular weight excluding hydrogens is 269 g/mol. The highest BCUT2D eigenvalue weighted by Gasteiger charge is 2.17. The second-order valence-corrected chi connectivity index (χ2v) is 3.86. The van der Waals surface area contributed by atoms with Crippen molar-refractivity contribution in [2.75, 3.05) is 13.1 Å². The number of carbonyl (C=O) groups excluding carboxylic acids is 1. The van der Waals surface area contributed by atoms with Crippen LogP contribution in [0.3, 0.4) is 0 Å². The van der Waals surface area contributed by atoms with E-state index in [4.69, 9.17) is 4.74 Å². The molecule has 0 aromatic heterocycles. The van der Waals surface area contributed by atoms with Gasteiger partial charge >= 0.3 is 0 Å². The summed E-state index contributed by atoms with van der Waals surface area (Å²) < 4.78 is 4.89. The Kier molecular flexibility index (Phi) is 24.3. The van der Waals surface area contributed by atoms with Crippen molar-refractivity contribution in [3.63, 3.8) is 0 Å². The molecule has 0 aliphatic heterocycles. The molecular formula is C10H25Cl2NO2S. The molecule has 102 valence electrons. The van der Waals surface area contributed by atoms with Crippen LogP contribution in [0.25, 0.3) is 0 Å². The number of unbranched alkanes of at least 4 members (excludes halogenated alkanes) is 2. The molecule has 0 fully saturated rings. The predicted molar refractivity (Wildman–Crippen MR) is 78.5 cm³/mol. The van der Waals surface area contributed by atoms with Gasteiger partial charge in [0.05, 0.1) is 0 Å². The van der Waals surface area contributed by atoms with E-state index in [0.29, 0.717) is 6.47 Å². The molecule has 1 N–H and O–H groups in total. The third-order valence-corrected chi connectivity index (χ3v) is 1.87. The van der Waals surface area contributed by atoms with Crippen molar-refractivity contribution in [2.24, 2.45) is 0 Å². The first-order valence-corrected chi connectivity index (χ1v) is 4.94. The molecule has 0 radical (unpaired) electrons. The van der Waals surface area contributed by atoms with E-state index in [9.17, 15) is 4.79 Å². The molecule has 3 nitrogen and oxygen atoms in total. The zero-order valence-corrected chi connectivity index (χ0v) is 12.9. The quantitative estimate of drug-likeness (QED) is 0.552. The fourth-order valence-corrected chi connectivity index (χ4v) is 1.06. The lowest BCUT2D eigenvalue weighted by molar-refractivity contribution is -0.139. The highest BCUT2D eigenvalue weighted by Crippen LogP contribution is 2.05. The van der Waals surface area contributed by atoms with Crippen molar-refractivity contribution in [3.8, 4) is 0 Å². The molecule has 0 saturated carbocycles. The van der Waals surface area contributed by atoms with Crippen molar-refractivity contribution in [2.45, 2.75) is 45.6 Å². The lowest BCUT2D eigenvalue weighted by Crippen LogP contribution is -2.37. The summed E-state index contributed by atoms with van der Waals surface area (Å²) in [5.74, 6) is 0. The summed E-state index contributed by atoms with van der Waals surface area (Å²) in [6.07, 6.45) is 3.67. The maximum absolute atomic E-state index is 10.1. The molecule has 0 amide bonds. The standard InChI is InChI=1S/C10H21NO2.2ClH.H2S/c1-4-5-6-7-11-8-10(2,3)13-9-12;;;/h9,11H,4-8H2,1-3H3;2*1H;1H2. The van der Waals surface area contributed by atoms with E-state index in [1.807, 2.05) is 13.8 Å². The Morgan fingerprint density at radius 2 is 1.81 bits per heavy atom. The monoisotopic (exact) mass is 293 g/mol. The van der Waals surface area contributed by atoms with Gasteiger partial charge in [-0.3, -0.25) is 4.79 Å². The Balaban J connectivity index is -0.000000240. The van der Waals surface area contributed by atoms with Crippen LogP contribution in [-0.4, -0.2) is 25.2 Å². The van der Waals surface area contributed by atoms with Crippen LogP contribution in [0.15, 0.2) is 0 Å². The van der Waals surface area contributed by atoms with Gasteiger partial charge in [-0.05, 0) is 26.8 Å². The van der Waals surface area contributed by atoms with Gasteiger partial charge < -0.3 is 10.1 Å². The fourth-order valence-electron chi connectivity index (χ4n) is 1.06. The summed E-state index contributed by atoms with van der Waals surface area (Å²) in [5, 5.41) is 3.26. The lowest BCUT2D eigenvalue weighted by Gasteiger charge is -2.22. The summed E-state index contributed by atoms with van der Waals surface area (Å²) in [6, 6.07) is 0. The number of rotatable bonds is 8. The number of nitrogens with one attached hydrogen (secondary N) is 1. The van der Waals surface area contributed by atoms with Crippen LogP contribution in [-0.2, 0) is 9.53 Å². The van der Waals surface area contributed by atoms with Crippen LogP contribution < -0.4 is 5.32 Å². The number of hydrogen-bond donors (Lipinski definition) is 1. The molecule has 0 aliphatic rings. The third-order valence-electron chi connectivity index (χ3n) is 1.87. The molecule has 6 heteroatoms. The molecule has 0 spiro atoms. The Bertz CT molecular complexity index is 149. The average Bonchev–Trinajstić information content (AvgIpc) is 2.04. The third kappa shape index (κ3) is 16.8. The van der Waals surface area contributed by atoms with Gasteiger partial charge in [-0.2, -0.15) is 13.5 Å². The molecule has 0 saturated heterocycles. The van der Waals surface area contributed by atoms with Gasteiger partial charge in [-0.1, -0.05) is 19.8 Å². The van der Waals surface area contributed by atoms with E-state index in [1.54, 1.807) is 0 Å². The van der Waals surface area contributed by atoms with Crippen LogP contribution in [0.1, 0.15) is 40.0 Å². The van der Waals surface area contributed by atoms with Gasteiger partial charge in [-0.15, -0.1) is 24.8 Å². The summed E-state index contributed by atoms with van der Waals surface area (Å²) in [7, 11) is 0. The van der Waals surface area contributed by atoms with Gasteiger partial charge in [0.1, 0.15) is 5.60 Å². The second-order valence-electron chi connectivity index (χ2n) is 3.86. The molecule has 0 atom stereocenters. The smallest absolute Gasteiger partial charge is 0.293 e. The molecule has 0 bridgehead atoms. The highest BCUT2D eigenvalue weighted by atomic mass is 35.5. The normalized spacial score (nSPS) is 9.19. The van der Waals surface area contributed by atoms with E-state index in [0.717, 1.165) is 13.1 Å². The maximum atomic E-state index is 10.1. The zero-order chi connectivity index (χ0) is 10.2. The van der Waals surface area contributed by atoms with Crippen molar-refractivity contribution < 1.29 is 9.53 Å². The summed E-state index contributed by atoms with van der Waals surface area (Å²) in [5.41, 5.74) is -0.381. The average molecular weight is 294 g/mol. The van der Waals surface area contributed by atoms with E-state index >= 15 is 0 Å². The minimum atomic E-state index is -0.381. The molecule has 0 rings (SSSR count). The Hall–Kier alpha value is 0.360. The molecule has 0 aliphatic carbocycles. The molecule has 0 aromatic rings. The minimum Gasteiger partial charge on any atom is -0.461 e. The van der Waals surface area contributed by atoms with Gasteiger partial charge in [0.2, 0.25) is 0 Å². The number of halogens is 2. The number of ether oxygens (including phenoxy) is 1. The van der Waals surface area contributed by atoms with Gasteiger partial charge in [-0.25, -0.2) is 0 Å². The molecule has 16 heavy (non-hydrogen) atoms. The lowest BCUT2D eigenvalue weighted by atomic mass is 10.1. The largest absolute Gasteiger partial charge is 0.461 e. The number of hydrogen-bond acceptors (Lipinski definition) is 3. The molecule has 0 unspecified atom stereocenters. The maximum Gasteiger partial charge on any atom is 0.293 e. The van der Waals surface area contributed by atoms with Crippen LogP contribution >= 0.6 is 38.3 Å². The molecule has 0 heterocycles. The fraction of sp³-hybridized carbons (Fsp3) is 0.900. The van der Waals surface area contributed by atoms with E-state index in [2.05, 4.69) is 12.2 Å². The topological polar surface area (TPSA) is 38.3 Å². The van der Waals surface area contributed by atoms with Gasteiger partial charge in [0.25, 0.3) is 6.47 Å². The first kappa shape index (κ1) is 25.3. The summed E-state index contributed by atoms with van der Waals surface area (Å²) in [4.78, 5) is 10.1. The van der Waals surface area contributed by atoms with Crippen molar-refractivity contribution in [1.82, 2.24) is 5.32 Å². The van der Waals surface area contributed by atoms with Gasteiger partial charge in [0, 0.05) is 6.54 Å². The zero-order valence-electron chi connectivity index (χ0n) is 10.2. The highest BCUT2D eigenvalue weighted by molar-refractivity contribution is 7.59. The van der Waals surface area contributed by atoms with Crippen molar-refractivity contribution in [1.29, 1.82) is 0 Å². The van der Waals surface area contributed by atoms with E-state index in [1.165, 1.54) is 19.3 Å². The second kappa shape index (κ2) is 15.4. The van der Waals surface area contributed by atoms with Crippen molar-refractivity contribution in [3.05, 3.63) is 0 Å².